The van der Waals surface area contributed by atoms with Crippen molar-refractivity contribution >= 4 is 28.9 Å². The molecule has 0 bridgehead atoms. The fraction of sp³-hybridized carbons (Fsp3) is 0.182. The van der Waals surface area contributed by atoms with Crippen LogP contribution in [0.1, 0.15) is 36.3 Å². The van der Waals surface area contributed by atoms with Gasteiger partial charge in [0.15, 0.2) is 6.23 Å². The number of halogens is 2. The molecule has 0 aliphatic carbocycles. The second-order valence-corrected chi connectivity index (χ2v) is 7.40. The number of hydrogen-bond acceptors (Lipinski definition) is 3. The lowest BCUT2D eigenvalue weighted by Gasteiger charge is -2.43. The van der Waals surface area contributed by atoms with Gasteiger partial charge in [-0.3, -0.25) is 0 Å². The number of anilines is 1. The third-order valence-electron chi connectivity index (χ3n) is 5.05. The Kier molecular flexibility index (Phi) is 4.77. The predicted octanol–water partition coefficient (Wildman–Crippen LogP) is 6.49. The van der Waals surface area contributed by atoms with Gasteiger partial charge in [-0.25, -0.2) is 0 Å². The zero-order valence-corrected chi connectivity index (χ0v) is 16.3. The first-order valence-electron chi connectivity index (χ1n) is 8.82. The lowest BCUT2D eigenvalue weighted by molar-refractivity contribution is -0.0733. The highest BCUT2D eigenvalue weighted by Gasteiger charge is 2.42. The van der Waals surface area contributed by atoms with Gasteiger partial charge in [0.25, 0.3) is 0 Å². The summed E-state index contributed by atoms with van der Waals surface area (Å²) < 4.78 is 6.62. The monoisotopic (exact) mass is 399 g/mol. The second kappa shape index (κ2) is 7.08. The first kappa shape index (κ1) is 18.2. The van der Waals surface area contributed by atoms with Gasteiger partial charge >= 0.3 is 0 Å². The van der Waals surface area contributed by atoms with Gasteiger partial charge in [0, 0.05) is 21.8 Å². The van der Waals surface area contributed by atoms with Gasteiger partial charge in [-0.05, 0) is 30.2 Å². The number of phenols is 1. The Bertz CT molecular complexity index is 977. The number of nitrogens with one attached hydrogen (secondary N) is 1. The number of rotatable bonds is 3. The molecule has 0 amide bonds. The minimum atomic E-state index is -0.658. The standard InChI is InChI=1S/C22H19Cl2NO2/c1-2-22(14-8-4-3-5-9-14)17-10-6-7-11-19(17)25-21(27-22)16-12-15(23)13-18(24)20(16)26/h3-13,21,25-26H,2H2,1H3/t21-,22-/m0/s1. The van der Waals surface area contributed by atoms with E-state index in [0.717, 1.165) is 23.2 Å². The fourth-order valence-electron chi connectivity index (χ4n) is 3.73. The van der Waals surface area contributed by atoms with E-state index in [4.69, 9.17) is 27.9 Å². The summed E-state index contributed by atoms with van der Waals surface area (Å²) in [6, 6.07) is 21.4. The maximum Gasteiger partial charge on any atom is 0.159 e. The van der Waals surface area contributed by atoms with Gasteiger partial charge in [0.1, 0.15) is 11.4 Å². The lowest BCUT2D eigenvalue weighted by Crippen LogP contribution is -2.39. The molecule has 0 spiro atoms. The maximum absolute atomic E-state index is 10.5. The fourth-order valence-corrected chi connectivity index (χ4v) is 4.24. The molecule has 0 unspecified atom stereocenters. The minimum absolute atomic E-state index is 0.0315. The van der Waals surface area contributed by atoms with Crippen molar-refractivity contribution in [2.75, 3.05) is 5.32 Å². The predicted molar refractivity (Wildman–Crippen MR) is 110 cm³/mol. The van der Waals surface area contributed by atoms with Crippen molar-refractivity contribution in [1.82, 2.24) is 0 Å². The zero-order chi connectivity index (χ0) is 19.0. The van der Waals surface area contributed by atoms with E-state index in [-0.39, 0.29) is 10.8 Å². The third-order valence-corrected chi connectivity index (χ3v) is 5.55. The van der Waals surface area contributed by atoms with Crippen molar-refractivity contribution in [1.29, 1.82) is 0 Å². The van der Waals surface area contributed by atoms with Crippen LogP contribution in [0.4, 0.5) is 5.69 Å². The van der Waals surface area contributed by atoms with Crippen molar-refractivity contribution < 1.29 is 9.84 Å². The van der Waals surface area contributed by atoms with Crippen LogP contribution in [0.2, 0.25) is 10.0 Å². The van der Waals surface area contributed by atoms with Crippen LogP contribution in [0.5, 0.6) is 5.75 Å². The van der Waals surface area contributed by atoms with Crippen LogP contribution in [-0.2, 0) is 10.3 Å². The number of phenolic OH excluding ortho intramolecular Hbond substituents is 1. The Morgan fingerprint density at radius 3 is 2.48 bits per heavy atom. The molecule has 0 saturated heterocycles. The van der Waals surface area contributed by atoms with E-state index in [1.54, 1.807) is 6.07 Å². The van der Waals surface area contributed by atoms with E-state index in [1.807, 2.05) is 36.4 Å². The maximum atomic E-state index is 10.5. The smallest absolute Gasteiger partial charge is 0.159 e. The van der Waals surface area contributed by atoms with Crippen molar-refractivity contribution in [2.45, 2.75) is 25.2 Å². The molecule has 138 valence electrons. The van der Waals surface area contributed by atoms with Crippen molar-refractivity contribution in [2.24, 2.45) is 0 Å². The van der Waals surface area contributed by atoms with Crippen LogP contribution >= 0.6 is 23.2 Å². The van der Waals surface area contributed by atoms with E-state index >= 15 is 0 Å². The Labute approximate surface area is 168 Å². The van der Waals surface area contributed by atoms with Gasteiger partial charge in [-0.1, -0.05) is 78.7 Å². The Morgan fingerprint density at radius 2 is 1.74 bits per heavy atom. The molecular formula is C22H19Cl2NO2. The average Bonchev–Trinajstić information content (AvgIpc) is 2.70. The molecule has 0 saturated carbocycles. The number of benzene rings is 3. The SMILES string of the molecule is CC[C@@]1(c2ccccc2)O[C@@H](c2cc(Cl)cc(Cl)c2O)Nc2ccccc21. The first-order chi connectivity index (χ1) is 13.0. The first-order valence-corrected chi connectivity index (χ1v) is 9.58. The summed E-state index contributed by atoms with van der Waals surface area (Å²) in [5.41, 5.74) is 2.92. The van der Waals surface area contributed by atoms with Gasteiger partial charge < -0.3 is 15.2 Å². The van der Waals surface area contributed by atoms with Gasteiger partial charge in [0.2, 0.25) is 0 Å². The highest BCUT2D eigenvalue weighted by molar-refractivity contribution is 6.35. The molecule has 27 heavy (non-hydrogen) atoms. The molecule has 1 aliphatic heterocycles. The molecule has 2 N–H and O–H groups in total. The van der Waals surface area contributed by atoms with Crippen molar-refractivity contribution in [3.63, 3.8) is 0 Å². The van der Waals surface area contributed by atoms with E-state index in [0.29, 0.717) is 10.6 Å². The molecule has 2 atom stereocenters. The topological polar surface area (TPSA) is 41.5 Å². The third kappa shape index (κ3) is 3.06. The molecule has 3 aromatic rings. The largest absolute Gasteiger partial charge is 0.506 e. The molecule has 0 fully saturated rings. The highest BCUT2D eigenvalue weighted by Crippen LogP contribution is 2.49. The van der Waals surface area contributed by atoms with Gasteiger partial charge in [0.05, 0.1) is 5.02 Å². The van der Waals surface area contributed by atoms with Gasteiger partial charge in [-0.2, -0.15) is 0 Å². The normalized spacial score (nSPS) is 21.4. The van der Waals surface area contributed by atoms with E-state index in [9.17, 15) is 5.11 Å². The minimum Gasteiger partial charge on any atom is -0.506 e. The summed E-state index contributed by atoms with van der Waals surface area (Å²) in [4.78, 5) is 0. The molecule has 4 rings (SSSR count). The van der Waals surface area contributed by atoms with E-state index in [2.05, 4.69) is 30.4 Å². The van der Waals surface area contributed by atoms with Crippen LogP contribution in [0, 0.1) is 0 Å². The molecular weight excluding hydrogens is 381 g/mol. The second-order valence-electron chi connectivity index (χ2n) is 6.56. The molecule has 0 radical (unpaired) electrons. The highest BCUT2D eigenvalue weighted by atomic mass is 35.5. The van der Waals surface area contributed by atoms with Crippen molar-refractivity contribution in [3.8, 4) is 5.75 Å². The van der Waals surface area contributed by atoms with E-state index in [1.165, 1.54) is 6.07 Å². The van der Waals surface area contributed by atoms with Crippen LogP contribution in [0.25, 0.3) is 0 Å². The molecule has 1 heterocycles. The quantitative estimate of drug-likeness (QED) is 0.528. The zero-order valence-electron chi connectivity index (χ0n) is 14.7. The van der Waals surface area contributed by atoms with E-state index < -0.39 is 11.8 Å². The van der Waals surface area contributed by atoms with Crippen LogP contribution in [-0.4, -0.2) is 5.11 Å². The summed E-state index contributed by atoms with van der Waals surface area (Å²) in [6.07, 6.45) is 0.123. The van der Waals surface area contributed by atoms with Crippen LogP contribution < -0.4 is 5.32 Å². The molecule has 1 aliphatic rings. The molecule has 3 aromatic carbocycles. The summed E-state index contributed by atoms with van der Waals surface area (Å²) in [6.45, 7) is 2.09. The number of fused-ring (bicyclic) bond motifs is 1. The number of aromatic hydroxyl groups is 1. The summed E-state index contributed by atoms with van der Waals surface area (Å²) in [5.74, 6) is -0.0315. The molecule has 0 aromatic heterocycles. The van der Waals surface area contributed by atoms with Crippen molar-refractivity contribution in [3.05, 3.63) is 93.5 Å². The summed E-state index contributed by atoms with van der Waals surface area (Å²) in [7, 11) is 0. The van der Waals surface area contributed by atoms with Crippen LogP contribution in [0.3, 0.4) is 0 Å². The molecule has 5 heteroatoms. The number of hydrogen-bond donors (Lipinski definition) is 2. The number of para-hydroxylation sites is 1. The Morgan fingerprint density at radius 1 is 1.04 bits per heavy atom. The Hall–Kier alpha value is -2.20. The summed E-state index contributed by atoms with van der Waals surface area (Å²) >= 11 is 12.3. The van der Waals surface area contributed by atoms with Gasteiger partial charge in [-0.15, -0.1) is 0 Å². The summed E-state index contributed by atoms with van der Waals surface area (Å²) in [5, 5.41) is 14.5. The molecule has 3 nitrogen and oxygen atoms in total. The van der Waals surface area contributed by atoms with Crippen LogP contribution in [0.15, 0.2) is 66.7 Å². The lowest BCUT2D eigenvalue weighted by atomic mass is 9.81. The number of ether oxygens (including phenoxy) is 1. The average molecular weight is 400 g/mol. The Balaban J connectivity index is 1.91.